The second kappa shape index (κ2) is 27.0. The molecule has 2 bridgehead atoms. The molecule has 460 valence electrons. The van der Waals surface area contributed by atoms with Gasteiger partial charge in [-0.3, -0.25) is 33.3 Å². The van der Waals surface area contributed by atoms with Gasteiger partial charge in [0.25, 0.3) is 10.1 Å². The number of anilines is 1. The topological polar surface area (TPSA) is 431 Å². The third kappa shape index (κ3) is 15.1. The van der Waals surface area contributed by atoms with Crippen LogP contribution in [0.4, 0.5) is 10.5 Å². The molecule has 0 heterocycles. The minimum Gasteiger partial charge on any atom is -0.481 e. The number of ketones is 1. The van der Waals surface area contributed by atoms with E-state index < -0.39 is 79.6 Å². The molecule has 81 heavy (non-hydrogen) atoms. The summed E-state index contributed by atoms with van der Waals surface area (Å²) in [6.45, 7) is 19.1. The standard InChI is InChI=1S/C24H40O5.C10H16O4S.C10H16O4.C9H9NO3.C3H7NO2.CH2O3/c1-13(4-7-21(28)29)16-5-6-17-22-18(12-20(27)24(16,17)3)23(2)9-8-15(25)10-14(23)11-19(22)26;1-9(2)6-4-5-10(9,3)8(11)7(6)15(12,13)14;1-9(2)6(7(11)12)4-5-10(9,3)8(13)14;1-6(11)10-8-4-2-7(3-5-8)9(12)13;4-2-1-3(5)6;2-1(3)4/h13-20,22,25-27H,4-12H2,1-3H3,(H,28,29);6-7H,4-5H2,1-3H3,(H,12,13,14);6H,4-5H2,1-3H3,(H,11,12)(H,13,14);2-5H,1H3,(H,10,11)(H,12,13);1-2,4H2,(H,5,6);(H2,2,3,4)/t13-,14+,15-,16-,17+,18+,19-,20+,22+,23+,24-;;;;;/m1...../s1. The molecule has 7 aliphatic rings. The van der Waals surface area contributed by atoms with Crippen LogP contribution >= 0.6 is 0 Å². The number of carboxylic acids is 5. The predicted octanol–water partition coefficient (Wildman–Crippen LogP) is 7.30. The molecule has 0 aliphatic heterocycles. The molecule has 7 aliphatic carbocycles. The summed E-state index contributed by atoms with van der Waals surface area (Å²) in [4.78, 5) is 84.3. The van der Waals surface area contributed by atoms with Crippen molar-refractivity contribution in [2.24, 2.45) is 85.6 Å². The summed E-state index contributed by atoms with van der Waals surface area (Å²) in [7, 11) is -4.24. The van der Waals surface area contributed by atoms with Crippen LogP contribution in [-0.4, -0.2) is 142 Å². The maximum atomic E-state index is 12.0. The lowest BCUT2D eigenvalue weighted by Gasteiger charge is -2.63. The van der Waals surface area contributed by atoms with Crippen molar-refractivity contribution in [3.8, 4) is 0 Å². The molecule has 1 aromatic carbocycles. The van der Waals surface area contributed by atoms with Gasteiger partial charge in [-0.2, -0.15) is 8.42 Å². The zero-order valence-corrected chi connectivity index (χ0v) is 49.1. The van der Waals surface area contributed by atoms with E-state index in [1.807, 2.05) is 20.8 Å². The second-order valence-corrected chi connectivity index (χ2v) is 27.0. The van der Waals surface area contributed by atoms with E-state index in [0.29, 0.717) is 55.0 Å². The number of carboxylic acid groups (broad SMARTS) is 7. The lowest BCUT2D eigenvalue weighted by atomic mass is 9.43. The summed E-state index contributed by atoms with van der Waals surface area (Å²) in [5, 5.41) is 91.8. The quantitative estimate of drug-likeness (QED) is 0.0966. The zero-order chi connectivity index (χ0) is 62.3. The number of aliphatic carboxylic acids is 4. The van der Waals surface area contributed by atoms with E-state index in [9.17, 15) is 57.3 Å². The summed E-state index contributed by atoms with van der Waals surface area (Å²) in [6, 6.07) is 5.97. The fourth-order valence-electron chi connectivity index (χ4n) is 15.4. The molecule has 1 amide bonds. The maximum absolute atomic E-state index is 12.0. The summed E-state index contributed by atoms with van der Waals surface area (Å²) in [5.74, 6) is -3.86. The number of aliphatic hydroxyl groups excluding tert-OH is 3. The van der Waals surface area contributed by atoms with E-state index in [0.717, 1.165) is 51.4 Å². The highest BCUT2D eigenvalue weighted by Crippen LogP contribution is 2.69. The van der Waals surface area contributed by atoms with Crippen LogP contribution in [-0.2, 0) is 38.9 Å². The van der Waals surface area contributed by atoms with Gasteiger partial charge in [-0.25, -0.2) is 9.59 Å². The monoisotopic (exact) mass is 1170 g/mol. The first-order valence-corrected chi connectivity index (χ1v) is 29.2. The summed E-state index contributed by atoms with van der Waals surface area (Å²) in [6.07, 6.45) is 6.56. The number of rotatable bonds is 11. The van der Waals surface area contributed by atoms with Crippen LogP contribution < -0.4 is 11.1 Å². The summed E-state index contributed by atoms with van der Waals surface area (Å²) >= 11 is 0. The second-order valence-electron chi connectivity index (χ2n) is 25.5. The SMILES string of the molecule is CC(=O)Nc1ccc(C(=O)O)cc1.CC1(C(=O)O)CCC(C(=O)O)C1(C)C.CC12CCC(C(S(=O)(=O)O)C1=O)C2(C)C.C[C@H](CCC(=O)O)[C@H]1CC[C@H]2[C@@H]3[C@H](O)C[C@@H]4C[C@H](O)CC[C@]4(C)[C@H]3C[C@H](O)[C@]12C.NCCC(=O)O.O=C(O)O. The molecular formula is C57H90N2O21S. The third-order valence-corrected chi connectivity index (χ3v) is 22.1. The molecule has 7 saturated carbocycles. The molecule has 0 aromatic heterocycles. The smallest absolute Gasteiger partial charge is 0.481 e. The molecule has 23 nitrogen and oxygen atoms in total. The van der Waals surface area contributed by atoms with Gasteiger partial charge in [-0.05, 0) is 171 Å². The molecule has 8 rings (SSSR count). The minimum atomic E-state index is -4.24. The summed E-state index contributed by atoms with van der Waals surface area (Å²) in [5.41, 5.74) is 2.98. The molecule has 1 aromatic rings. The Kier molecular flexibility index (Phi) is 23.3. The van der Waals surface area contributed by atoms with E-state index >= 15 is 0 Å². The van der Waals surface area contributed by atoms with E-state index in [1.54, 1.807) is 32.9 Å². The highest BCUT2D eigenvalue weighted by Gasteiger charge is 2.70. The van der Waals surface area contributed by atoms with Gasteiger partial charge >= 0.3 is 36.0 Å². The highest BCUT2D eigenvalue weighted by molar-refractivity contribution is 7.87. The maximum Gasteiger partial charge on any atom is 0.503 e. The van der Waals surface area contributed by atoms with Gasteiger partial charge in [0.2, 0.25) is 5.91 Å². The molecule has 16 atom stereocenters. The van der Waals surface area contributed by atoms with Crippen LogP contribution in [0.5, 0.6) is 0 Å². The van der Waals surface area contributed by atoms with Crippen molar-refractivity contribution >= 4 is 63.5 Å². The normalized spacial score (nSPS) is 35.5. The fraction of sp³-hybridized carbons (Fsp3) is 0.754. The van der Waals surface area contributed by atoms with Crippen LogP contribution in [0.1, 0.15) is 169 Å². The average Bonchev–Trinajstić information content (AvgIpc) is 3.98. The molecule has 0 radical (unpaired) electrons. The third-order valence-electron chi connectivity index (χ3n) is 20.9. The van der Waals surface area contributed by atoms with Crippen molar-refractivity contribution in [2.45, 2.75) is 183 Å². The van der Waals surface area contributed by atoms with Crippen LogP contribution in [0, 0.1) is 79.8 Å². The number of aromatic carboxylic acids is 1. The Morgan fingerprint density at radius 2 is 1.26 bits per heavy atom. The van der Waals surface area contributed by atoms with Crippen molar-refractivity contribution in [3.63, 3.8) is 0 Å². The Balaban J connectivity index is 0.000000283. The number of nitrogens with two attached hydrogens (primary N) is 1. The largest absolute Gasteiger partial charge is 0.503 e. The lowest BCUT2D eigenvalue weighted by molar-refractivity contribution is -0.207. The molecule has 14 N–H and O–H groups in total. The van der Waals surface area contributed by atoms with Gasteiger partial charge in [0.05, 0.1) is 41.6 Å². The molecule has 5 unspecified atom stereocenters. The van der Waals surface area contributed by atoms with Crippen molar-refractivity contribution in [3.05, 3.63) is 29.8 Å². The number of hydrogen-bond donors (Lipinski definition) is 13. The Morgan fingerprint density at radius 1 is 0.704 bits per heavy atom. The van der Waals surface area contributed by atoms with Crippen LogP contribution in [0.15, 0.2) is 24.3 Å². The molecule has 0 spiro atoms. The fourth-order valence-corrected chi connectivity index (χ4v) is 16.8. The van der Waals surface area contributed by atoms with Crippen LogP contribution in [0.3, 0.4) is 0 Å². The number of carbonyl (C=O) groups is 8. The Morgan fingerprint density at radius 3 is 1.65 bits per heavy atom. The van der Waals surface area contributed by atoms with Gasteiger partial charge in [0.15, 0.2) is 5.78 Å². The number of Topliss-reactive ketones (excluding diaryl/α,β-unsaturated/α-hetero) is 1. The average molecular weight is 1170 g/mol. The number of fused-ring (bicyclic) bond motifs is 7. The number of nitrogens with one attached hydrogen (secondary N) is 1. The number of amides is 1. The number of aliphatic hydroxyl groups is 3. The highest BCUT2D eigenvalue weighted by atomic mass is 32.2. The predicted molar refractivity (Wildman–Crippen MR) is 295 cm³/mol. The van der Waals surface area contributed by atoms with Gasteiger partial charge in [-0.15, -0.1) is 0 Å². The van der Waals surface area contributed by atoms with Crippen molar-refractivity contribution in [2.75, 3.05) is 11.9 Å². The van der Waals surface area contributed by atoms with Gasteiger partial charge in [0.1, 0.15) is 5.25 Å². The van der Waals surface area contributed by atoms with Crippen molar-refractivity contribution in [1.29, 1.82) is 0 Å². The number of benzene rings is 1. The molecule has 0 saturated heterocycles. The van der Waals surface area contributed by atoms with E-state index in [2.05, 4.69) is 26.1 Å². The number of carbonyl (C=O) groups excluding carboxylic acids is 2. The van der Waals surface area contributed by atoms with Gasteiger partial charge in [0, 0.05) is 31.0 Å². The van der Waals surface area contributed by atoms with Crippen LogP contribution in [0.2, 0.25) is 0 Å². The van der Waals surface area contributed by atoms with E-state index in [-0.39, 0.29) is 82.8 Å². The first-order chi connectivity index (χ1) is 37.0. The first-order valence-electron chi connectivity index (χ1n) is 27.7. The molecule has 7 fully saturated rings. The van der Waals surface area contributed by atoms with Crippen molar-refractivity contribution in [1.82, 2.24) is 0 Å². The molecular weight excluding hydrogens is 1080 g/mol. The first kappa shape index (κ1) is 70.0. The Bertz CT molecular complexity index is 2550. The van der Waals surface area contributed by atoms with Gasteiger partial charge in [-0.1, -0.05) is 55.4 Å². The zero-order valence-electron chi connectivity index (χ0n) is 48.3. The Labute approximate surface area is 474 Å². The van der Waals surface area contributed by atoms with E-state index in [1.165, 1.54) is 19.1 Å². The van der Waals surface area contributed by atoms with E-state index in [4.69, 9.17) is 50.8 Å². The van der Waals surface area contributed by atoms with Crippen molar-refractivity contribution < 1.29 is 102 Å². The minimum absolute atomic E-state index is 0.0694. The summed E-state index contributed by atoms with van der Waals surface area (Å²) < 4.78 is 31.5. The van der Waals surface area contributed by atoms with Gasteiger partial charge < -0.3 is 62.1 Å². The Hall–Kier alpha value is -5.27. The number of hydrogen-bond acceptors (Lipinski definition) is 14. The lowest BCUT2D eigenvalue weighted by Crippen LogP contribution is -2.62. The molecule has 24 heteroatoms. The van der Waals surface area contributed by atoms with Crippen LogP contribution in [0.25, 0.3) is 0 Å².